The van der Waals surface area contributed by atoms with E-state index >= 15 is 0 Å². The smallest absolute Gasteiger partial charge is 0.328 e. The van der Waals surface area contributed by atoms with Gasteiger partial charge in [0.2, 0.25) is 5.95 Å². The van der Waals surface area contributed by atoms with Crippen molar-refractivity contribution in [3.63, 3.8) is 0 Å². The lowest BCUT2D eigenvalue weighted by atomic mass is 9.96. The molecule has 7 nitrogen and oxygen atoms in total. The second kappa shape index (κ2) is 7.81. The number of carbonyl (C=O) groups excluding carboxylic acids is 1. The minimum absolute atomic E-state index is 0.208. The fourth-order valence-corrected chi connectivity index (χ4v) is 4.15. The zero-order valence-electron chi connectivity index (χ0n) is 16.9. The van der Waals surface area contributed by atoms with Gasteiger partial charge in [-0.3, -0.25) is 0 Å². The zero-order valence-corrected chi connectivity index (χ0v) is 16.9. The normalized spacial score (nSPS) is 19.0. The molecule has 28 heavy (non-hydrogen) atoms. The van der Waals surface area contributed by atoms with Crippen molar-refractivity contribution in [2.45, 2.75) is 64.3 Å². The van der Waals surface area contributed by atoms with Crippen LogP contribution in [0.25, 0.3) is 0 Å². The molecule has 2 aromatic heterocycles. The van der Waals surface area contributed by atoms with Crippen LogP contribution in [0.1, 0.15) is 62.4 Å². The molecule has 7 heteroatoms. The van der Waals surface area contributed by atoms with Crippen LogP contribution in [-0.4, -0.2) is 40.6 Å². The quantitative estimate of drug-likeness (QED) is 0.766. The van der Waals surface area contributed by atoms with Crippen molar-refractivity contribution in [2.75, 3.05) is 23.9 Å². The average Bonchev–Trinajstić information content (AvgIpc) is 3.37. The molecule has 0 aromatic carbocycles. The molecule has 1 aliphatic carbocycles. The molecule has 1 saturated heterocycles. The molecule has 0 amide bonds. The highest BCUT2D eigenvalue weighted by atomic mass is 16.5. The van der Waals surface area contributed by atoms with Gasteiger partial charge in [0.05, 0.1) is 18.5 Å². The lowest BCUT2D eigenvalue weighted by molar-refractivity contribution is -0.141. The van der Waals surface area contributed by atoms with Crippen LogP contribution in [0.2, 0.25) is 0 Å². The molecule has 0 saturated carbocycles. The first kappa shape index (κ1) is 18.8. The third-order valence-electron chi connectivity index (χ3n) is 5.74. The fourth-order valence-electron chi connectivity index (χ4n) is 4.15. The summed E-state index contributed by atoms with van der Waals surface area (Å²) in [7, 11) is 1.44. The van der Waals surface area contributed by atoms with E-state index in [0.29, 0.717) is 11.9 Å². The van der Waals surface area contributed by atoms with Gasteiger partial charge in [0, 0.05) is 24.0 Å². The minimum atomic E-state index is -0.292. The molecule has 0 spiro atoms. The molecule has 150 valence electrons. The highest BCUT2D eigenvalue weighted by Gasteiger charge is 2.34. The molecule has 0 bridgehead atoms. The number of nitrogens with zero attached hydrogens (tertiary/aromatic N) is 3. The van der Waals surface area contributed by atoms with Gasteiger partial charge in [-0.15, -0.1) is 0 Å². The Balaban J connectivity index is 1.69. The number of esters is 1. The van der Waals surface area contributed by atoms with Crippen LogP contribution in [-0.2, 0) is 22.4 Å². The van der Waals surface area contributed by atoms with E-state index in [1.807, 2.05) is 11.1 Å². The Bertz CT molecular complexity index is 860. The lowest BCUT2D eigenvalue weighted by Crippen LogP contribution is -2.38. The van der Waals surface area contributed by atoms with E-state index in [1.54, 1.807) is 0 Å². The van der Waals surface area contributed by atoms with Crippen LogP contribution >= 0.6 is 0 Å². The summed E-state index contributed by atoms with van der Waals surface area (Å²) in [5.74, 6) is 1.73. The van der Waals surface area contributed by atoms with Gasteiger partial charge in [-0.2, -0.15) is 4.98 Å². The monoisotopic (exact) mass is 383 g/mol. The van der Waals surface area contributed by atoms with Crippen molar-refractivity contribution < 1.29 is 9.53 Å². The first-order valence-electron chi connectivity index (χ1n) is 10.3. The molecule has 1 atom stereocenters. The van der Waals surface area contributed by atoms with Gasteiger partial charge in [-0.25, -0.2) is 9.78 Å². The van der Waals surface area contributed by atoms with Crippen LogP contribution in [0, 0.1) is 0 Å². The number of methoxy groups -OCH3 is 1. The number of rotatable bonds is 5. The average molecular weight is 383 g/mol. The Morgan fingerprint density at radius 3 is 2.86 bits per heavy atom. The van der Waals surface area contributed by atoms with Crippen LogP contribution < -0.4 is 10.2 Å². The Hall–Kier alpha value is -2.57. The Kier molecular flexibility index (Phi) is 5.24. The number of anilines is 3. The van der Waals surface area contributed by atoms with Gasteiger partial charge < -0.3 is 19.9 Å². The third kappa shape index (κ3) is 3.57. The predicted octanol–water partition coefficient (Wildman–Crippen LogP) is 3.69. The maximum Gasteiger partial charge on any atom is 0.328 e. The van der Waals surface area contributed by atoms with Crippen molar-refractivity contribution in [3.05, 3.63) is 29.2 Å². The number of hydrogen-bond donors (Lipinski definition) is 2. The lowest BCUT2D eigenvalue weighted by Gasteiger charge is -2.26. The van der Waals surface area contributed by atoms with E-state index in [4.69, 9.17) is 14.7 Å². The Morgan fingerprint density at radius 1 is 1.29 bits per heavy atom. The van der Waals surface area contributed by atoms with E-state index in [9.17, 15) is 4.79 Å². The number of ether oxygens (including phenoxy) is 1. The zero-order chi connectivity index (χ0) is 19.7. The van der Waals surface area contributed by atoms with Gasteiger partial charge >= 0.3 is 5.97 Å². The molecular weight excluding hydrogens is 354 g/mol. The second-order valence-corrected chi connectivity index (χ2v) is 8.00. The Morgan fingerprint density at radius 2 is 2.11 bits per heavy atom. The molecule has 3 heterocycles. The first-order chi connectivity index (χ1) is 13.6. The van der Waals surface area contributed by atoms with Gasteiger partial charge in [-0.05, 0) is 50.5 Å². The maximum absolute atomic E-state index is 12.2. The van der Waals surface area contributed by atoms with Gasteiger partial charge in [-0.1, -0.05) is 13.8 Å². The summed E-state index contributed by atoms with van der Waals surface area (Å²) in [6, 6.07) is 1.84. The fraction of sp³-hybridized carbons (Fsp3) is 0.571. The third-order valence-corrected chi connectivity index (χ3v) is 5.74. The molecule has 2 aliphatic rings. The number of nitrogens with one attached hydrogen (secondary N) is 2. The van der Waals surface area contributed by atoms with Crippen LogP contribution in [0.5, 0.6) is 0 Å². The molecule has 1 fully saturated rings. The SMILES string of the molecule is COC(=O)C1CCCN1c1nc2c(c(Nc3c[nH]c(C(C)C)c3)n1)CCCC2. The number of H-pyrrole nitrogens is 1. The number of aromatic amines is 1. The Labute approximate surface area is 165 Å². The molecule has 1 aliphatic heterocycles. The summed E-state index contributed by atoms with van der Waals surface area (Å²) in [6.07, 6.45) is 7.96. The summed E-state index contributed by atoms with van der Waals surface area (Å²) in [4.78, 5) is 27.2. The summed E-state index contributed by atoms with van der Waals surface area (Å²) in [5.41, 5.74) is 4.51. The number of aryl methyl sites for hydroxylation is 1. The van der Waals surface area contributed by atoms with Crippen LogP contribution in [0.15, 0.2) is 12.3 Å². The van der Waals surface area contributed by atoms with Crippen LogP contribution in [0.3, 0.4) is 0 Å². The number of hydrogen-bond acceptors (Lipinski definition) is 6. The summed E-state index contributed by atoms with van der Waals surface area (Å²) in [6.45, 7) is 5.11. The standard InChI is InChI=1S/C21H29N5O2/c1-13(2)17-11-14(12-22-17)23-19-15-7-4-5-8-16(15)24-21(25-19)26-10-6-9-18(26)20(27)28-3/h11-13,18,22H,4-10H2,1-3H3,(H,23,24,25). The molecule has 1 unspecified atom stereocenters. The van der Waals surface area contributed by atoms with E-state index in [0.717, 1.165) is 62.3 Å². The summed E-state index contributed by atoms with van der Waals surface area (Å²) < 4.78 is 4.99. The van der Waals surface area contributed by atoms with Gasteiger partial charge in [0.15, 0.2) is 0 Å². The molecule has 0 radical (unpaired) electrons. The minimum Gasteiger partial charge on any atom is -0.467 e. The van der Waals surface area contributed by atoms with E-state index in [1.165, 1.54) is 18.4 Å². The largest absolute Gasteiger partial charge is 0.467 e. The maximum atomic E-state index is 12.2. The second-order valence-electron chi connectivity index (χ2n) is 8.00. The number of fused-ring (bicyclic) bond motifs is 1. The van der Waals surface area contributed by atoms with Crippen molar-refractivity contribution >= 4 is 23.4 Å². The van der Waals surface area contributed by atoms with Crippen molar-refractivity contribution in [2.24, 2.45) is 0 Å². The summed E-state index contributed by atoms with van der Waals surface area (Å²) >= 11 is 0. The number of carbonyl (C=O) groups is 1. The van der Waals surface area contributed by atoms with E-state index in [2.05, 4.69) is 30.2 Å². The van der Waals surface area contributed by atoms with Crippen molar-refractivity contribution in [3.8, 4) is 0 Å². The first-order valence-corrected chi connectivity index (χ1v) is 10.3. The van der Waals surface area contributed by atoms with Crippen LogP contribution in [0.4, 0.5) is 17.5 Å². The van der Waals surface area contributed by atoms with Crippen molar-refractivity contribution in [1.29, 1.82) is 0 Å². The van der Waals surface area contributed by atoms with Gasteiger partial charge in [0.25, 0.3) is 0 Å². The topological polar surface area (TPSA) is 83.1 Å². The van der Waals surface area contributed by atoms with Crippen molar-refractivity contribution in [1.82, 2.24) is 15.0 Å². The predicted molar refractivity (Wildman–Crippen MR) is 109 cm³/mol. The summed E-state index contributed by atoms with van der Waals surface area (Å²) in [5, 5.41) is 3.50. The highest BCUT2D eigenvalue weighted by molar-refractivity contribution is 5.80. The highest BCUT2D eigenvalue weighted by Crippen LogP contribution is 2.32. The van der Waals surface area contributed by atoms with E-state index < -0.39 is 0 Å². The van der Waals surface area contributed by atoms with Gasteiger partial charge in [0.1, 0.15) is 11.9 Å². The number of aromatic nitrogens is 3. The molecule has 4 rings (SSSR count). The van der Waals surface area contributed by atoms with E-state index in [-0.39, 0.29) is 12.0 Å². The molecule has 2 N–H and O–H groups in total. The molecular formula is C21H29N5O2. The molecule has 2 aromatic rings.